The van der Waals surface area contributed by atoms with Gasteiger partial charge in [0.15, 0.2) is 0 Å². The standard InChI is InChI=1S/C11H21NO/c1-12(9-7-8-9)10-5-3-2-4-6-11(10)13/h9-11,13H,2-8H2,1H3. The number of aliphatic hydroxyl groups is 1. The van der Waals surface area contributed by atoms with Crippen LogP contribution in [-0.2, 0) is 0 Å². The molecule has 0 aromatic rings. The Hall–Kier alpha value is -0.0800. The smallest absolute Gasteiger partial charge is 0.0695 e. The van der Waals surface area contributed by atoms with Gasteiger partial charge in [-0.05, 0) is 32.7 Å². The van der Waals surface area contributed by atoms with E-state index in [4.69, 9.17) is 0 Å². The molecule has 0 aromatic carbocycles. The van der Waals surface area contributed by atoms with Gasteiger partial charge >= 0.3 is 0 Å². The van der Waals surface area contributed by atoms with Crippen molar-refractivity contribution in [1.82, 2.24) is 4.90 Å². The van der Waals surface area contributed by atoms with Crippen LogP contribution in [0.5, 0.6) is 0 Å². The lowest BCUT2D eigenvalue weighted by Crippen LogP contribution is -2.41. The quantitative estimate of drug-likeness (QED) is 0.660. The maximum Gasteiger partial charge on any atom is 0.0695 e. The van der Waals surface area contributed by atoms with Crippen LogP contribution in [0.15, 0.2) is 0 Å². The van der Waals surface area contributed by atoms with E-state index in [1.807, 2.05) is 0 Å². The summed E-state index contributed by atoms with van der Waals surface area (Å²) >= 11 is 0. The van der Waals surface area contributed by atoms with E-state index >= 15 is 0 Å². The molecule has 0 heterocycles. The highest BCUT2D eigenvalue weighted by Gasteiger charge is 2.34. The summed E-state index contributed by atoms with van der Waals surface area (Å²) in [5, 5.41) is 9.95. The Labute approximate surface area is 80.9 Å². The van der Waals surface area contributed by atoms with Crippen LogP contribution in [0.2, 0.25) is 0 Å². The molecular weight excluding hydrogens is 162 g/mol. The molecule has 0 aromatic heterocycles. The van der Waals surface area contributed by atoms with Crippen LogP contribution in [0, 0.1) is 0 Å². The van der Waals surface area contributed by atoms with E-state index < -0.39 is 0 Å². The summed E-state index contributed by atoms with van der Waals surface area (Å²) in [4.78, 5) is 2.43. The normalized spacial score (nSPS) is 36.2. The minimum atomic E-state index is -0.0619. The largest absolute Gasteiger partial charge is 0.391 e. The van der Waals surface area contributed by atoms with Gasteiger partial charge in [-0.15, -0.1) is 0 Å². The summed E-state index contributed by atoms with van der Waals surface area (Å²) in [5.74, 6) is 0. The van der Waals surface area contributed by atoms with Crippen LogP contribution >= 0.6 is 0 Å². The molecule has 2 nitrogen and oxygen atoms in total. The van der Waals surface area contributed by atoms with E-state index in [0.29, 0.717) is 6.04 Å². The Morgan fingerprint density at radius 1 is 1.00 bits per heavy atom. The van der Waals surface area contributed by atoms with Crippen LogP contribution in [0.4, 0.5) is 0 Å². The van der Waals surface area contributed by atoms with Crippen molar-refractivity contribution in [3.63, 3.8) is 0 Å². The Bertz CT molecular complexity index is 167. The van der Waals surface area contributed by atoms with Crippen LogP contribution < -0.4 is 0 Å². The zero-order valence-electron chi connectivity index (χ0n) is 8.58. The number of aliphatic hydroxyl groups excluding tert-OH is 1. The van der Waals surface area contributed by atoms with E-state index in [1.165, 1.54) is 38.5 Å². The fourth-order valence-electron chi connectivity index (χ4n) is 2.50. The molecule has 0 aliphatic heterocycles. The third kappa shape index (κ3) is 2.23. The van der Waals surface area contributed by atoms with Gasteiger partial charge in [0.05, 0.1) is 6.10 Å². The van der Waals surface area contributed by atoms with Crippen molar-refractivity contribution in [3.8, 4) is 0 Å². The van der Waals surface area contributed by atoms with Crippen molar-refractivity contribution in [2.24, 2.45) is 0 Å². The Morgan fingerprint density at radius 2 is 1.69 bits per heavy atom. The molecule has 0 radical (unpaired) electrons. The molecule has 13 heavy (non-hydrogen) atoms. The molecule has 2 atom stereocenters. The van der Waals surface area contributed by atoms with E-state index in [2.05, 4.69) is 11.9 Å². The predicted octanol–water partition coefficient (Wildman–Crippen LogP) is 1.77. The number of hydrogen-bond acceptors (Lipinski definition) is 2. The first-order valence-electron chi connectivity index (χ1n) is 5.69. The highest BCUT2D eigenvalue weighted by Crippen LogP contribution is 2.31. The first-order valence-corrected chi connectivity index (χ1v) is 5.69. The average Bonchev–Trinajstić information content (AvgIpc) is 2.89. The lowest BCUT2D eigenvalue weighted by molar-refractivity contribution is 0.0541. The summed E-state index contributed by atoms with van der Waals surface area (Å²) in [5.41, 5.74) is 0. The zero-order chi connectivity index (χ0) is 9.26. The number of nitrogens with zero attached hydrogens (tertiary/aromatic N) is 1. The third-order valence-corrected chi connectivity index (χ3v) is 3.59. The highest BCUT2D eigenvalue weighted by atomic mass is 16.3. The second kappa shape index (κ2) is 3.97. The van der Waals surface area contributed by atoms with Gasteiger partial charge < -0.3 is 5.11 Å². The van der Waals surface area contributed by atoms with Gasteiger partial charge in [-0.3, -0.25) is 4.90 Å². The predicted molar refractivity (Wildman–Crippen MR) is 53.7 cm³/mol. The summed E-state index contributed by atoms with van der Waals surface area (Å²) in [6, 6.07) is 1.24. The molecule has 2 aliphatic rings. The van der Waals surface area contributed by atoms with E-state index in [1.54, 1.807) is 0 Å². The second-order valence-corrected chi connectivity index (χ2v) is 4.67. The second-order valence-electron chi connectivity index (χ2n) is 4.67. The fourth-order valence-corrected chi connectivity index (χ4v) is 2.50. The Balaban J connectivity index is 1.92. The SMILES string of the molecule is CN(C1CC1)C1CCCCCC1O. The summed E-state index contributed by atoms with van der Waals surface area (Å²) in [6.07, 6.45) is 8.68. The molecule has 2 unspecified atom stereocenters. The molecule has 0 amide bonds. The molecule has 0 saturated heterocycles. The van der Waals surface area contributed by atoms with Crippen LogP contribution in [-0.4, -0.2) is 35.2 Å². The Morgan fingerprint density at radius 3 is 2.38 bits per heavy atom. The topological polar surface area (TPSA) is 23.5 Å². The maximum atomic E-state index is 9.95. The van der Waals surface area contributed by atoms with E-state index in [-0.39, 0.29) is 6.10 Å². The summed E-state index contributed by atoms with van der Waals surface area (Å²) < 4.78 is 0. The van der Waals surface area contributed by atoms with Crippen molar-refractivity contribution < 1.29 is 5.11 Å². The molecular formula is C11H21NO. The van der Waals surface area contributed by atoms with Crippen LogP contribution in [0.25, 0.3) is 0 Å². The maximum absolute atomic E-state index is 9.95. The van der Waals surface area contributed by atoms with Gasteiger partial charge in [0.2, 0.25) is 0 Å². The van der Waals surface area contributed by atoms with Crippen molar-refractivity contribution in [2.75, 3.05) is 7.05 Å². The molecule has 2 fully saturated rings. The van der Waals surface area contributed by atoms with Gasteiger partial charge in [0.25, 0.3) is 0 Å². The molecule has 1 N–H and O–H groups in total. The molecule has 0 spiro atoms. The first kappa shape index (κ1) is 9.47. The fraction of sp³-hybridized carbons (Fsp3) is 1.00. The van der Waals surface area contributed by atoms with E-state index in [9.17, 15) is 5.11 Å². The number of likely N-dealkylation sites (N-methyl/N-ethyl adjacent to an activating group) is 1. The molecule has 2 rings (SSSR count). The van der Waals surface area contributed by atoms with Gasteiger partial charge in [-0.2, -0.15) is 0 Å². The van der Waals surface area contributed by atoms with E-state index in [0.717, 1.165) is 12.5 Å². The molecule has 2 heteroatoms. The minimum Gasteiger partial charge on any atom is -0.391 e. The monoisotopic (exact) mass is 183 g/mol. The Kier molecular flexibility index (Phi) is 2.89. The number of rotatable bonds is 2. The lowest BCUT2D eigenvalue weighted by atomic mass is 10.0. The van der Waals surface area contributed by atoms with Crippen LogP contribution in [0.1, 0.15) is 44.9 Å². The van der Waals surface area contributed by atoms with Gasteiger partial charge in [0.1, 0.15) is 0 Å². The van der Waals surface area contributed by atoms with Gasteiger partial charge in [0, 0.05) is 12.1 Å². The highest BCUT2D eigenvalue weighted by molar-refractivity contribution is 4.90. The minimum absolute atomic E-state index is 0.0619. The zero-order valence-corrected chi connectivity index (χ0v) is 8.58. The molecule has 0 bridgehead atoms. The lowest BCUT2D eigenvalue weighted by Gasteiger charge is -2.30. The van der Waals surface area contributed by atoms with Crippen molar-refractivity contribution in [3.05, 3.63) is 0 Å². The van der Waals surface area contributed by atoms with Crippen molar-refractivity contribution in [1.29, 1.82) is 0 Å². The average molecular weight is 183 g/mol. The van der Waals surface area contributed by atoms with Gasteiger partial charge in [-0.25, -0.2) is 0 Å². The van der Waals surface area contributed by atoms with Gasteiger partial charge in [-0.1, -0.05) is 19.3 Å². The molecule has 2 aliphatic carbocycles. The van der Waals surface area contributed by atoms with Crippen molar-refractivity contribution in [2.45, 2.75) is 63.1 Å². The third-order valence-electron chi connectivity index (χ3n) is 3.59. The molecule has 2 saturated carbocycles. The summed E-state index contributed by atoms with van der Waals surface area (Å²) in [7, 11) is 2.19. The molecule has 76 valence electrons. The number of hydrogen-bond donors (Lipinski definition) is 1. The first-order chi connectivity index (χ1) is 6.29. The van der Waals surface area contributed by atoms with Crippen molar-refractivity contribution >= 4 is 0 Å². The summed E-state index contributed by atoms with van der Waals surface area (Å²) in [6.45, 7) is 0. The van der Waals surface area contributed by atoms with Crippen LogP contribution in [0.3, 0.4) is 0 Å².